The van der Waals surface area contributed by atoms with Crippen LogP contribution in [0.2, 0.25) is 0 Å². The molecule has 1 heterocycles. The summed E-state index contributed by atoms with van der Waals surface area (Å²) in [6.45, 7) is 3.83. The Labute approximate surface area is 122 Å². The fraction of sp³-hybridized carbons (Fsp3) is 0.769. The fourth-order valence-electron chi connectivity index (χ4n) is 2.12. The summed E-state index contributed by atoms with van der Waals surface area (Å²) in [5.41, 5.74) is 0. The summed E-state index contributed by atoms with van der Waals surface area (Å²) < 4.78 is 25.9. The van der Waals surface area contributed by atoms with E-state index in [1.165, 1.54) is 27.9 Å². The first kappa shape index (κ1) is 17.4. The SMILES string of the molecule is COC[C@H]1OC[C@@H](OC(C)=O)[C@@H](OC(C)=O)[C@@H]1OC(C)=O. The van der Waals surface area contributed by atoms with Crippen molar-refractivity contribution in [2.75, 3.05) is 20.3 Å². The summed E-state index contributed by atoms with van der Waals surface area (Å²) in [6.07, 6.45) is -3.31. The van der Waals surface area contributed by atoms with E-state index in [-0.39, 0.29) is 13.2 Å². The predicted molar refractivity (Wildman–Crippen MR) is 68.3 cm³/mol. The lowest BCUT2D eigenvalue weighted by Gasteiger charge is -2.40. The van der Waals surface area contributed by atoms with Crippen LogP contribution >= 0.6 is 0 Å². The van der Waals surface area contributed by atoms with Crippen molar-refractivity contribution >= 4 is 17.9 Å². The molecule has 21 heavy (non-hydrogen) atoms. The Kier molecular flexibility index (Phi) is 6.57. The fourth-order valence-corrected chi connectivity index (χ4v) is 2.12. The van der Waals surface area contributed by atoms with Gasteiger partial charge in [-0.1, -0.05) is 0 Å². The Hall–Kier alpha value is -1.67. The van der Waals surface area contributed by atoms with Gasteiger partial charge in [0.15, 0.2) is 18.3 Å². The molecule has 0 aromatic carbocycles. The Morgan fingerprint density at radius 3 is 1.95 bits per heavy atom. The van der Waals surface area contributed by atoms with E-state index in [9.17, 15) is 14.4 Å². The van der Waals surface area contributed by atoms with Gasteiger partial charge in [0.1, 0.15) is 6.10 Å². The van der Waals surface area contributed by atoms with E-state index in [2.05, 4.69) is 0 Å². The quantitative estimate of drug-likeness (QED) is 0.510. The summed E-state index contributed by atoms with van der Waals surface area (Å²) in [4.78, 5) is 33.6. The van der Waals surface area contributed by atoms with Crippen LogP contribution in [-0.2, 0) is 38.1 Å². The molecule has 0 aromatic heterocycles. The molecule has 0 saturated carbocycles. The molecule has 1 aliphatic heterocycles. The molecule has 0 amide bonds. The molecule has 0 N–H and O–H groups in total. The molecular weight excluding hydrogens is 284 g/mol. The topological polar surface area (TPSA) is 97.4 Å². The molecule has 0 aromatic rings. The summed E-state index contributed by atoms with van der Waals surface area (Å²) in [5.74, 6) is -1.69. The second-order valence-corrected chi connectivity index (χ2v) is 4.62. The van der Waals surface area contributed by atoms with Gasteiger partial charge in [0.05, 0.1) is 13.2 Å². The van der Waals surface area contributed by atoms with E-state index < -0.39 is 42.3 Å². The minimum atomic E-state index is -0.941. The smallest absolute Gasteiger partial charge is 0.303 e. The Morgan fingerprint density at radius 1 is 0.952 bits per heavy atom. The van der Waals surface area contributed by atoms with Gasteiger partial charge in [0, 0.05) is 27.9 Å². The highest BCUT2D eigenvalue weighted by molar-refractivity contribution is 5.68. The van der Waals surface area contributed by atoms with Gasteiger partial charge >= 0.3 is 17.9 Å². The Balaban J connectivity index is 2.97. The van der Waals surface area contributed by atoms with E-state index in [4.69, 9.17) is 23.7 Å². The zero-order valence-corrected chi connectivity index (χ0v) is 12.5. The lowest BCUT2D eigenvalue weighted by atomic mass is 9.99. The van der Waals surface area contributed by atoms with Crippen LogP contribution in [0.1, 0.15) is 20.8 Å². The molecule has 0 radical (unpaired) electrons. The maximum absolute atomic E-state index is 11.3. The van der Waals surface area contributed by atoms with Crippen LogP contribution in [0.15, 0.2) is 0 Å². The summed E-state index contributed by atoms with van der Waals surface area (Å²) in [6, 6.07) is 0. The van der Waals surface area contributed by atoms with Gasteiger partial charge in [-0.15, -0.1) is 0 Å². The Morgan fingerprint density at radius 2 is 1.48 bits per heavy atom. The maximum Gasteiger partial charge on any atom is 0.303 e. The summed E-state index contributed by atoms with van der Waals surface area (Å²) in [5, 5.41) is 0. The van der Waals surface area contributed by atoms with E-state index in [1.807, 2.05) is 0 Å². The molecule has 8 heteroatoms. The van der Waals surface area contributed by atoms with Gasteiger partial charge in [-0.05, 0) is 0 Å². The number of carbonyl (C=O) groups is 3. The molecule has 1 saturated heterocycles. The van der Waals surface area contributed by atoms with Crippen LogP contribution in [-0.4, -0.2) is 62.6 Å². The first-order chi connectivity index (χ1) is 9.85. The van der Waals surface area contributed by atoms with E-state index in [0.29, 0.717) is 0 Å². The van der Waals surface area contributed by atoms with Crippen LogP contribution in [0, 0.1) is 0 Å². The van der Waals surface area contributed by atoms with Gasteiger partial charge in [-0.3, -0.25) is 14.4 Å². The van der Waals surface area contributed by atoms with Crippen molar-refractivity contribution < 1.29 is 38.1 Å². The van der Waals surface area contributed by atoms with Crippen LogP contribution in [0.3, 0.4) is 0 Å². The number of rotatable bonds is 5. The first-order valence-corrected chi connectivity index (χ1v) is 6.47. The average molecular weight is 304 g/mol. The third-order valence-corrected chi connectivity index (χ3v) is 2.78. The van der Waals surface area contributed by atoms with Gasteiger partial charge in [0.2, 0.25) is 0 Å². The normalized spacial score (nSPS) is 28.6. The molecule has 8 nitrogen and oxygen atoms in total. The summed E-state index contributed by atoms with van der Waals surface area (Å²) in [7, 11) is 1.47. The standard InChI is InChI=1S/C13H20O8/c1-7(14)19-11-6-18-10(5-17-4)12(20-8(2)15)13(11)21-9(3)16/h10-13H,5-6H2,1-4H3/t10-,11-,12-,13-/m1/s1. The molecule has 0 bridgehead atoms. The van der Waals surface area contributed by atoms with Crippen LogP contribution in [0.5, 0.6) is 0 Å². The van der Waals surface area contributed by atoms with Gasteiger partial charge in [-0.2, -0.15) is 0 Å². The van der Waals surface area contributed by atoms with Crippen molar-refractivity contribution in [1.29, 1.82) is 0 Å². The molecule has 0 unspecified atom stereocenters. The number of methoxy groups -OCH3 is 1. The van der Waals surface area contributed by atoms with Crippen molar-refractivity contribution in [1.82, 2.24) is 0 Å². The molecular formula is C13H20O8. The van der Waals surface area contributed by atoms with Crippen molar-refractivity contribution in [3.05, 3.63) is 0 Å². The second-order valence-electron chi connectivity index (χ2n) is 4.62. The zero-order valence-electron chi connectivity index (χ0n) is 12.5. The molecule has 1 aliphatic rings. The highest BCUT2D eigenvalue weighted by atomic mass is 16.6. The lowest BCUT2D eigenvalue weighted by molar-refractivity contribution is -0.230. The minimum absolute atomic E-state index is 0.0172. The number of ether oxygens (including phenoxy) is 5. The molecule has 120 valence electrons. The van der Waals surface area contributed by atoms with Gasteiger partial charge in [0.25, 0.3) is 0 Å². The van der Waals surface area contributed by atoms with Crippen LogP contribution in [0.4, 0.5) is 0 Å². The maximum atomic E-state index is 11.3. The largest absolute Gasteiger partial charge is 0.456 e. The van der Waals surface area contributed by atoms with Gasteiger partial charge < -0.3 is 23.7 Å². The van der Waals surface area contributed by atoms with E-state index in [1.54, 1.807) is 0 Å². The molecule has 1 fully saturated rings. The highest BCUT2D eigenvalue weighted by Crippen LogP contribution is 2.24. The minimum Gasteiger partial charge on any atom is -0.456 e. The molecule has 0 aliphatic carbocycles. The summed E-state index contributed by atoms with van der Waals surface area (Å²) >= 11 is 0. The second kappa shape index (κ2) is 7.94. The molecule has 4 atom stereocenters. The Bertz CT molecular complexity index is 394. The third kappa shape index (κ3) is 5.31. The molecule has 0 spiro atoms. The van der Waals surface area contributed by atoms with E-state index >= 15 is 0 Å². The predicted octanol–water partition coefficient (Wildman–Crippen LogP) is -0.173. The highest BCUT2D eigenvalue weighted by Gasteiger charge is 2.46. The molecule has 1 rings (SSSR count). The van der Waals surface area contributed by atoms with Crippen LogP contribution < -0.4 is 0 Å². The lowest BCUT2D eigenvalue weighted by Crippen LogP contribution is -2.58. The third-order valence-electron chi connectivity index (χ3n) is 2.78. The number of esters is 3. The number of hydrogen-bond donors (Lipinski definition) is 0. The number of hydrogen-bond acceptors (Lipinski definition) is 8. The monoisotopic (exact) mass is 304 g/mol. The first-order valence-electron chi connectivity index (χ1n) is 6.47. The van der Waals surface area contributed by atoms with Gasteiger partial charge in [-0.25, -0.2) is 0 Å². The van der Waals surface area contributed by atoms with Crippen molar-refractivity contribution in [3.63, 3.8) is 0 Å². The zero-order chi connectivity index (χ0) is 16.0. The van der Waals surface area contributed by atoms with Crippen molar-refractivity contribution in [3.8, 4) is 0 Å². The van der Waals surface area contributed by atoms with Crippen molar-refractivity contribution in [2.45, 2.75) is 45.2 Å². The van der Waals surface area contributed by atoms with Crippen molar-refractivity contribution in [2.24, 2.45) is 0 Å². The number of carbonyl (C=O) groups excluding carboxylic acids is 3. The van der Waals surface area contributed by atoms with E-state index in [0.717, 1.165) is 0 Å². The average Bonchev–Trinajstić information content (AvgIpc) is 2.35. The van der Waals surface area contributed by atoms with Crippen LogP contribution in [0.25, 0.3) is 0 Å².